The summed E-state index contributed by atoms with van der Waals surface area (Å²) < 4.78 is 24.7. The van der Waals surface area contributed by atoms with Crippen LogP contribution >= 0.6 is 0 Å². The quantitative estimate of drug-likeness (QED) is 0.852. The molecule has 0 N–H and O–H groups in total. The fourth-order valence-corrected chi connectivity index (χ4v) is 2.55. The maximum absolute atomic E-state index is 12.3. The lowest BCUT2D eigenvalue weighted by molar-refractivity contribution is 0.0543. The van der Waals surface area contributed by atoms with Crippen LogP contribution in [-0.4, -0.2) is 53.9 Å². The minimum Gasteiger partial charge on any atom is -0.296 e. The van der Waals surface area contributed by atoms with Crippen molar-refractivity contribution in [2.75, 3.05) is 32.7 Å². The molecule has 1 saturated heterocycles. The Bertz CT molecular complexity index is 432. The van der Waals surface area contributed by atoms with Crippen molar-refractivity contribution in [2.24, 2.45) is 0 Å². The first-order valence-corrected chi connectivity index (χ1v) is 7.53. The molecule has 1 aromatic heterocycles. The number of hydrogen-bond acceptors (Lipinski definition) is 3. The molecule has 2 heterocycles. The zero-order valence-corrected chi connectivity index (χ0v) is 13.1. The highest BCUT2D eigenvalue weighted by Gasteiger charge is 2.20. The topological polar surface area (TPSA) is 19.4 Å². The SMILES string of the molecule is CC(C)(C)c1ccc(CN2CCN(CC(F)F)CC2)cn1. The molecule has 118 valence electrons. The molecule has 0 aromatic carbocycles. The predicted octanol–water partition coefficient (Wildman–Crippen LogP) is 2.76. The molecule has 0 spiro atoms. The highest BCUT2D eigenvalue weighted by atomic mass is 19.3. The summed E-state index contributed by atoms with van der Waals surface area (Å²) in [6, 6.07) is 4.21. The van der Waals surface area contributed by atoms with Gasteiger partial charge in [0.05, 0.1) is 6.54 Å². The van der Waals surface area contributed by atoms with Gasteiger partial charge in [-0.3, -0.25) is 14.8 Å². The van der Waals surface area contributed by atoms with Crippen molar-refractivity contribution >= 4 is 0 Å². The standard InChI is InChI=1S/C16H25F2N3/c1-16(2,3)14-5-4-13(10-19-14)11-20-6-8-21(9-7-20)12-15(17)18/h4-5,10,15H,6-9,11-12H2,1-3H3. The second-order valence-corrected chi connectivity index (χ2v) is 6.77. The van der Waals surface area contributed by atoms with Gasteiger partial charge in [0.2, 0.25) is 0 Å². The second kappa shape index (κ2) is 6.79. The average molecular weight is 297 g/mol. The molecular weight excluding hydrogens is 272 g/mol. The first-order chi connectivity index (χ1) is 9.84. The Morgan fingerprint density at radius 2 is 1.71 bits per heavy atom. The summed E-state index contributed by atoms with van der Waals surface area (Å²) in [5, 5.41) is 0. The summed E-state index contributed by atoms with van der Waals surface area (Å²) in [7, 11) is 0. The predicted molar refractivity (Wildman–Crippen MR) is 80.7 cm³/mol. The Hall–Kier alpha value is -1.07. The van der Waals surface area contributed by atoms with E-state index in [1.165, 1.54) is 5.56 Å². The highest BCUT2D eigenvalue weighted by molar-refractivity contribution is 5.19. The van der Waals surface area contributed by atoms with E-state index in [4.69, 9.17) is 0 Å². The Morgan fingerprint density at radius 3 is 2.19 bits per heavy atom. The van der Waals surface area contributed by atoms with Gasteiger partial charge in [0.1, 0.15) is 0 Å². The van der Waals surface area contributed by atoms with Crippen LogP contribution in [0.15, 0.2) is 18.3 Å². The maximum atomic E-state index is 12.3. The first kappa shape index (κ1) is 16.3. The van der Waals surface area contributed by atoms with Crippen LogP contribution < -0.4 is 0 Å². The molecule has 21 heavy (non-hydrogen) atoms. The van der Waals surface area contributed by atoms with Gasteiger partial charge < -0.3 is 0 Å². The lowest BCUT2D eigenvalue weighted by Gasteiger charge is -2.34. The van der Waals surface area contributed by atoms with Gasteiger partial charge in [-0.1, -0.05) is 26.8 Å². The van der Waals surface area contributed by atoms with E-state index < -0.39 is 6.43 Å². The van der Waals surface area contributed by atoms with Gasteiger partial charge >= 0.3 is 0 Å². The lowest BCUT2D eigenvalue weighted by atomic mass is 9.91. The van der Waals surface area contributed by atoms with E-state index in [1.54, 1.807) is 0 Å². The van der Waals surface area contributed by atoms with E-state index in [0.29, 0.717) is 0 Å². The molecule has 0 aliphatic carbocycles. The first-order valence-electron chi connectivity index (χ1n) is 7.53. The van der Waals surface area contributed by atoms with Crippen LogP contribution in [0.1, 0.15) is 32.0 Å². The van der Waals surface area contributed by atoms with Crippen LogP contribution in [0.5, 0.6) is 0 Å². The van der Waals surface area contributed by atoms with Crippen LogP contribution in [-0.2, 0) is 12.0 Å². The minimum atomic E-state index is -2.23. The molecule has 3 nitrogen and oxygen atoms in total. The molecular formula is C16H25F2N3. The number of alkyl halides is 2. The van der Waals surface area contributed by atoms with Gasteiger partial charge in [0.15, 0.2) is 0 Å². The van der Waals surface area contributed by atoms with Gasteiger partial charge in [0, 0.05) is 50.0 Å². The van der Waals surface area contributed by atoms with E-state index in [-0.39, 0.29) is 12.0 Å². The summed E-state index contributed by atoms with van der Waals surface area (Å²) in [6.07, 6.45) is -0.294. The number of pyridine rings is 1. The summed E-state index contributed by atoms with van der Waals surface area (Å²) in [6.45, 7) is 10.3. The third-order valence-electron chi connectivity index (χ3n) is 3.86. The van der Waals surface area contributed by atoms with Crippen molar-refractivity contribution in [1.82, 2.24) is 14.8 Å². The number of nitrogens with zero attached hydrogens (tertiary/aromatic N) is 3. The zero-order valence-electron chi connectivity index (χ0n) is 13.1. The lowest BCUT2D eigenvalue weighted by Crippen LogP contribution is -2.47. The van der Waals surface area contributed by atoms with Gasteiger partial charge in [-0.15, -0.1) is 0 Å². The van der Waals surface area contributed by atoms with E-state index in [9.17, 15) is 8.78 Å². The molecule has 0 unspecified atom stereocenters. The smallest absolute Gasteiger partial charge is 0.251 e. The number of halogens is 2. The molecule has 1 aliphatic heterocycles. The molecule has 0 bridgehead atoms. The number of rotatable bonds is 4. The molecule has 0 atom stereocenters. The van der Waals surface area contributed by atoms with Crippen LogP contribution in [0.4, 0.5) is 8.78 Å². The van der Waals surface area contributed by atoms with Crippen molar-refractivity contribution in [3.8, 4) is 0 Å². The monoisotopic (exact) mass is 297 g/mol. The summed E-state index contributed by atoms with van der Waals surface area (Å²) in [4.78, 5) is 8.67. The summed E-state index contributed by atoms with van der Waals surface area (Å²) in [5.41, 5.74) is 2.35. The molecule has 1 aromatic rings. The molecule has 2 rings (SSSR count). The molecule has 1 fully saturated rings. The van der Waals surface area contributed by atoms with Gasteiger partial charge in [-0.2, -0.15) is 0 Å². The fourth-order valence-electron chi connectivity index (χ4n) is 2.55. The minimum absolute atomic E-state index is 0.0689. The average Bonchev–Trinajstić information content (AvgIpc) is 2.40. The Labute approximate surface area is 126 Å². The molecule has 0 radical (unpaired) electrons. The molecule has 5 heteroatoms. The van der Waals surface area contributed by atoms with E-state index in [0.717, 1.165) is 38.4 Å². The van der Waals surface area contributed by atoms with Crippen molar-refractivity contribution < 1.29 is 8.78 Å². The van der Waals surface area contributed by atoms with Crippen LogP contribution in [0.2, 0.25) is 0 Å². The van der Waals surface area contributed by atoms with Crippen molar-refractivity contribution in [3.05, 3.63) is 29.6 Å². The van der Waals surface area contributed by atoms with E-state index >= 15 is 0 Å². The number of hydrogen-bond donors (Lipinski definition) is 0. The Morgan fingerprint density at radius 1 is 1.10 bits per heavy atom. The van der Waals surface area contributed by atoms with Crippen LogP contribution in [0.3, 0.4) is 0 Å². The molecule has 0 saturated carbocycles. The van der Waals surface area contributed by atoms with Crippen LogP contribution in [0, 0.1) is 0 Å². The maximum Gasteiger partial charge on any atom is 0.251 e. The van der Waals surface area contributed by atoms with Crippen LogP contribution in [0.25, 0.3) is 0 Å². The van der Waals surface area contributed by atoms with Crippen molar-refractivity contribution in [2.45, 2.75) is 39.2 Å². The largest absolute Gasteiger partial charge is 0.296 e. The fraction of sp³-hybridized carbons (Fsp3) is 0.688. The molecule has 1 aliphatic rings. The zero-order chi connectivity index (χ0) is 15.5. The van der Waals surface area contributed by atoms with Crippen molar-refractivity contribution in [3.63, 3.8) is 0 Å². The molecule has 0 amide bonds. The number of aromatic nitrogens is 1. The third kappa shape index (κ3) is 5.00. The van der Waals surface area contributed by atoms with Gasteiger partial charge in [0.25, 0.3) is 6.43 Å². The van der Waals surface area contributed by atoms with Gasteiger partial charge in [-0.25, -0.2) is 8.78 Å². The number of piperazine rings is 1. The van der Waals surface area contributed by atoms with E-state index in [2.05, 4.69) is 42.8 Å². The third-order valence-corrected chi connectivity index (χ3v) is 3.86. The van der Waals surface area contributed by atoms with Gasteiger partial charge in [-0.05, 0) is 11.6 Å². The van der Waals surface area contributed by atoms with E-state index in [1.807, 2.05) is 11.1 Å². The highest BCUT2D eigenvalue weighted by Crippen LogP contribution is 2.20. The Kier molecular flexibility index (Phi) is 5.27. The van der Waals surface area contributed by atoms with Crippen molar-refractivity contribution in [1.29, 1.82) is 0 Å². The normalized spacial score (nSPS) is 18.4. The second-order valence-electron chi connectivity index (χ2n) is 6.77. The summed E-state index contributed by atoms with van der Waals surface area (Å²) in [5.74, 6) is 0. The summed E-state index contributed by atoms with van der Waals surface area (Å²) >= 11 is 0. The Balaban J connectivity index is 1.83.